The third-order valence-corrected chi connectivity index (χ3v) is 14.0. The van der Waals surface area contributed by atoms with E-state index in [0.29, 0.717) is 26.4 Å². The lowest BCUT2D eigenvalue weighted by atomic mass is 9.70. The van der Waals surface area contributed by atoms with Crippen LogP contribution in [0.15, 0.2) is 85.0 Å². The summed E-state index contributed by atoms with van der Waals surface area (Å²) in [6.45, 7) is 21.2. The van der Waals surface area contributed by atoms with Gasteiger partial charge in [0, 0.05) is 49.4 Å². The van der Waals surface area contributed by atoms with Crippen LogP contribution in [0.1, 0.15) is 50.7 Å². The predicted molar refractivity (Wildman–Crippen MR) is 212 cm³/mol. The summed E-state index contributed by atoms with van der Waals surface area (Å²) in [6.07, 6.45) is 20.6. The number of allylic oxidation sites excluding steroid dienone is 4. The predicted octanol–water partition coefficient (Wildman–Crippen LogP) is 8.61. The molecule has 5 nitrogen and oxygen atoms in total. The van der Waals surface area contributed by atoms with Gasteiger partial charge in [0.25, 0.3) is 0 Å². The van der Waals surface area contributed by atoms with Crippen LogP contribution in [0.5, 0.6) is 11.5 Å². The second kappa shape index (κ2) is 17.0. The maximum absolute atomic E-state index is 6.66. The highest BCUT2D eigenvalue weighted by molar-refractivity contribution is 6.89. The lowest BCUT2D eigenvalue weighted by molar-refractivity contribution is 0.0368. The normalized spacial score (nSPS) is 23.6. The fourth-order valence-electron chi connectivity index (χ4n) is 7.39. The number of methoxy groups -OCH3 is 2. The molecule has 0 radical (unpaired) electrons. The fraction of sp³-hybridized carbons (Fsp3) is 0.524. The first-order chi connectivity index (χ1) is 23.4. The molecule has 7 heteroatoms. The zero-order valence-corrected chi connectivity index (χ0v) is 33.9. The van der Waals surface area contributed by atoms with E-state index < -0.39 is 27.0 Å². The van der Waals surface area contributed by atoms with E-state index in [1.807, 2.05) is 14.2 Å². The Morgan fingerprint density at radius 3 is 1.33 bits per heavy atom. The molecule has 4 unspecified atom stereocenters. The molecule has 0 N–H and O–H groups in total. The van der Waals surface area contributed by atoms with Gasteiger partial charge in [-0.05, 0) is 36.1 Å². The highest BCUT2D eigenvalue weighted by atomic mass is 28.3. The van der Waals surface area contributed by atoms with Crippen LogP contribution < -0.4 is 19.8 Å². The van der Waals surface area contributed by atoms with Crippen LogP contribution in [-0.4, -0.2) is 69.0 Å². The van der Waals surface area contributed by atoms with E-state index in [1.54, 1.807) is 0 Å². The molecule has 0 spiro atoms. The smallest absolute Gasteiger partial charge is 0.122 e. The van der Waals surface area contributed by atoms with Crippen molar-refractivity contribution in [1.29, 1.82) is 0 Å². The zero-order chi connectivity index (χ0) is 35.7. The zero-order valence-electron chi connectivity index (χ0n) is 31.9. The molecule has 2 aromatic carbocycles. The van der Waals surface area contributed by atoms with Gasteiger partial charge in [-0.15, -0.1) is 0 Å². The van der Waals surface area contributed by atoms with Gasteiger partial charge >= 0.3 is 0 Å². The molecule has 0 amide bonds. The summed E-state index contributed by atoms with van der Waals surface area (Å²) in [5.41, 5.74) is 1.54. The van der Waals surface area contributed by atoms with E-state index in [-0.39, 0.29) is 12.2 Å². The Morgan fingerprint density at radius 1 is 0.571 bits per heavy atom. The first kappa shape index (κ1) is 39.1. The van der Waals surface area contributed by atoms with Crippen LogP contribution in [0, 0.1) is 0 Å². The first-order valence-corrected chi connectivity index (χ1v) is 25.3. The van der Waals surface area contributed by atoms with E-state index in [9.17, 15) is 0 Å². The van der Waals surface area contributed by atoms with Crippen LogP contribution in [0.25, 0.3) is 0 Å². The third-order valence-electron chi connectivity index (χ3n) is 9.97. The summed E-state index contributed by atoms with van der Waals surface area (Å²) in [5, 5.41) is 2.70. The maximum Gasteiger partial charge on any atom is 0.122 e. The first-order valence-electron chi connectivity index (χ1n) is 18.3. The number of rotatable bonds is 18. The van der Waals surface area contributed by atoms with Gasteiger partial charge < -0.3 is 23.7 Å². The largest absolute Gasteiger partial charge is 0.493 e. The topological polar surface area (TPSA) is 46.2 Å². The van der Waals surface area contributed by atoms with Crippen molar-refractivity contribution in [3.8, 4) is 11.5 Å². The van der Waals surface area contributed by atoms with Crippen molar-refractivity contribution >= 4 is 26.5 Å². The Hall–Kier alpha value is -2.69. The number of hydrogen-bond acceptors (Lipinski definition) is 5. The molecule has 0 bridgehead atoms. The summed E-state index contributed by atoms with van der Waals surface area (Å²) < 4.78 is 32.3. The SMILES string of the molecule is CCCOc1c(C2(CCOCCC3(c4cccc([Si](C)(C)C)c4OCCC)C=CC=CC3OC)C=CC=CC2OC)cccc1[Si](C)(C)C. The summed E-state index contributed by atoms with van der Waals surface area (Å²) in [7, 11) is 0.213. The van der Waals surface area contributed by atoms with Gasteiger partial charge in [-0.3, -0.25) is 0 Å². The molecule has 268 valence electrons. The van der Waals surface area contributed by atoms with Crippen molar-refractivity contribution in [2.24, 2.45) is 0 Å². The molecule has 2 aromatic rings. The minimum atomic E-state index is -1.70. The lowest BCUT2D eigenvalue weighted by Gasteiger charge is -2.41. The number of ether oxygens (including phenoxy) is 5. The molecule has 0 saturated heterocycles. The highest BCUT2D eigenvalue weighted by Gasteiger charge is 2.44. The molecule has 2 aliphatic carbocycles. The molecular weight excluding hydrogens is 641 g/mol. The Morgan fingerprint density at radius 2 is 0.980 bits per heavy atom. The van der Waals surface area contributed by atoms with Gasteiger partial charge in [-0.1, -0.05) is 138 Å². The fourth-order valence-corrected chi connectivity index (χ4v) is 10.4. The summed E-state index contributed by atoms with van der Waals surface area (Å²) in [5.74, 6) is 2.07. The van der Waals surface area contributed by atoms with E-state index in [0.717, 1.165) is 37.2 Å². The number of benzene rings is 2. The molecule has 0 aromatic heterocycles. The van der Waals surface area contributed by atoms with Gasteiger partial charge in [0.05, 0.1) is 41.6 Å². The second-order valence-corrected chi connectivity index (χ2v) is 25.6. The Balaban J connectivity index is 1.67. The maximum atomic E-state index is 6.66. The monoisotopic (exact) mass is 702 g/mol. The van der Waals surface area contributed by atoms with Crippen LogP contribution in [0.3, 0.4) is 0 Å². The Kier molecular flexibility index (Phi) is 13.6. The van der Waals surface area contributed by atoms with Gasteiger partial charge in [-0.2, -0.15) is 0 Å². The minimum absolute atomic E-state index is 0.139. The van der Waals surface area contributed by atoms with Crippen molar-refractivity contribution in [2.75, 3.05) is 40.6 Å². The van der Waals surface area contributed by atoms with E-state index in [2.05, 4.69) is 138 Å². The molecule has 4 atom stereocenters. The summed E-state index contributed by atoms with van der Waals surface area (Å²) >= 11 is 0. The van der Waals surface area contributed by atoms with Crippen LogP contribution in [-0.2, 0) is 25.0 Å². The van der Waals surface area contributed by atoms with Crippen LogP contribution in [0.4, 0.5) is 0 Å². The van der Waals surface area contributed by atoms with Gasteiger partial charge in [-0.25, -0.2) is 0 Å². The average Bonchev–Trinajstić information content (AvgIpc) is 3.08. The van der Waals surface area contributed by atoms with Crippen molar-refractivity contribution in [1.82, 2.24) is 0 Å². The lowest BCUT2D eigenvalue weighted by Crippen LogP contribution is -2.45. The Labute approximate surface area is 299 Å². The molecular formula is C42H62O5Si2. The Bertz CT molecular complexity index is 1390. The van der Waals surface area contributed by atoms with Crippen molar-refractivity contribution in [3.05, 3.63) is 96.1 Å². The molecule has 0 fully saturated rings. The molecule has 0 saturated carbocycles. The molecule has 49 heavy (non-hydrogen) atoms. The standard InChI is InChI=1S/C42H62O5Si2/c1-11-29-46-39-33(19-17-21-35(39)48(5,6)7)41(25-15-13-23-37(41)43-3)27-31-45-32-28-42(26-16-14-24-38(42)44-4)34-20-18-22-36(49(8,9)10)40(34)47-30-12-2/h13-26,37-38H,11-12,27-32H2,1-10H3. The average molecular weight is 703 g/mol. The molecule has 0 heterocycles. The number of hydrogen-bond donors (Lipinski definition) is 0. The molecule has 2 aliphatic rings. The summed E-state index contributed by atoms with van der Waals surface area (Å²) in [6, 6.07) is 13.4. The van der Waals surface area contributed by atoms with Gasteiger partial charge in [0.2, 0.25) is 0 Å². The summed E-state index contributed by atoms with van der Waals surface area (Å²) in [4.78, 5) is 0. The quantitative estimate of drug-likeness (QED) is 0.115. The third kappa shape index (κ3) is 8.62. The van der Waals surface area contributed by atoms with Crippen molar-refractivity contribution < 1.29 is 23.7 Å². The van der Waals surface area contributed by atoms with E-state index in [1.165, 1.54) is 21.5 Å². The van der Waals surface area contributed by atoms with Crippen molar-refractivity contribution in [2.45, 2.75) is 102 Å². The second-order valence-electron chi connectivity index (χ2n) is 15.6. The van der Waals surface area contributed by atoms with Crippen molar-refractivity contribution in [3.63, 3.8) is 0 Å². The number of para-hydroxylation sites is 2. The highest BCUT2D eigenvalue weighted by Crippen LogP contribution is 2.44. The molecule has 4 rings (SSSR count). The molecule has 0 aliphatic heterocycles. The van der Waals surface area contributed by atoms with Crippen LogP contribution in [0.2, 0.25) is 39.3 Å². The van der Waals surface area contributed by atoms with E-state index in [4.69, 9.17) is 23.7 Å². The van der Waals surface area contributed by atoms with Gasteiger partial charge in [0.15, 0.2) is 0 Å². The van der Waals surface area contributed by atoms with Crippen LogP contribution >= 0.6 is 0 Å². The minimum Gasteiger partial charge on any atom is -0.493 e. The van der Waals surface area contributed by atoms with Gasteiger partial charge in [0.1, 0.15) is 11.5 Å². The van der Waals surface area contributed by atoms with E-state index >= 15 is 0 Å².